The fraction of sp³-hybridized carbons (Fsp3) is 0.250. The first kappa shape index (κ1) is 11.3. The van der Waals surface area contributed by atoms with Gasteiger partial charge in [0.1, 0.15) is 6.54 Å². The van der Waals surface area contributed by atoms with Crippen LogP contribution in [0.1, 0.15) is 6.92 Å². The van der Waals surface area contributed by atoms with Gasteiger partial charge in [-0.25, -0.2) is 4.68 Å². The molecule has 2 aromatic rings. The van der Waals surface area contributed by atoms with Crippen LogP contribution in [0.5, 0.6) is 0 Å². The van der Waals surface area contributed by atoms with Crippen LogP contribution >= 0.6 is 0 Å². The van der Waals surface area contributed by atoms with Crippen LogP contribution in [0.15, 0.2) is 35.3 Å². The zero-order valence-electron chi connectivity index (χ0n) is 9.51. The molecule has 1 heterocycles. The predicted molar refractivity (Wildman–Crippen MR) is 64.7 cm³/mol. The summed E-state index contributed by atoms with van der Waals surface area (Å²) in [7, 11) is 0. The van der Waals surface area contributed by atoms with Crippen molar-refractivity contribution in [3.05, 3.63) is 40.8 Å². The lowest BCUT2D eigenvalue weighted by molar-refractivity contribution is -0.121. The molecule has 0 unspecified atom stereocenters. The minimum Gasteiger partial charge on any atom is -0.355 e. The first-order chi connectivity index (χ1) is 8.22. The molecule has 0 aliphatic rings. The summed E-state index contributed by atoms with van der Waals surface area (Å²) in [5.74, 6) is -0.211. The lowest BCUT2D eigenvalue weighted by Gasteiger charge is -2.05. The summed E-state index contributed by atoms with van der Waals surface area (Å²) in [6.07, 6.45) is 1.59. The van der Waals surface area contributed by atoms with E-state index in [0.717, 1.165) is 5.39 Å². The van der Waals surface area contributed by atoms with Gasteiger partial charge in [-0.3, -0.25) is 9.59 Å². The van der Waals surface area contributed by atoms with Gasteiger partial charge in [0.15, 0.2) is 0 Å². The normalized spacial score (nSPS) is 10.4. The Morgan fingerprint density at radius 3 is 2.94 bits per heavy atom. The topological polar surface area (TPSA) is 64.0 Å². The third-order valence-electron chi connectivity index (χ3n) is 2.43. The van der Waals surface area contributed by atoms with E-state index in [4.69, 9.17) is 0 Å². The smallest absolute Gasteiger partial charge is 0.275 e. The van der Waals surface area contributed by atoms with Crippen LogP contribution in [0.25, 0.3) is 10.8 Å². The molecule has 0 radical (unpaired) electrons. The summed E-state index contributed by atoms with van der Waals surface area (Å²) < 4.78 is 1.17. The quantitative estimate of drug-likeness (QED) is 0.838. The van der Waals surface area contributed by atoms with Gasteiger partial charge < -0.3 is 5.32 Å². The van der Waals surface area contributed by atoms with Crippen molar-refractivity contribution >= 4 is 16.7 Å². The molecule has 5 nitrogen and oxygen atoms in total. The highest BCUT2D eigenvalue weighted by Crippen LogP contribution is 2.05. The highest BCUT2D eigenvalue weighted by atomic mass is 16.2. The molecule has 0 saturated heterocycles. The van der Waals surface area contributed by atoms with Crippen molar-refractivity contribution in [2.75, 3.05) is 6.54 Å². The number of amides is 1. The van der Waals surface area contributed by atoms with Gasteiger partial charge in [-0.15, -0.1) is 0 Å². The van der Waals surface area contributed by atoms with E-state index in [1.54, 1.807) is 18.3 Å². The number of rotatable bonds is 3. The molecule has 0 atom stereocenters. The van der Waals surface area contributed by atoms with Crippen molar-refractivity contribution in [3.8, 4) is 0 Å². The number of carbonyl (C=O) groups is 1. The van der Waals surface area contributed by atoms with Crippen LogP contribution in [-0.2, 0) is 11.3 Å². The molecule has 0 aliphatic heterocycles. The fourth-order valence-electron chi connectivity index (χ4n) is 1.63. The number of fused-ring (bicyclic) bond motifs is 1. The van der Waals surface area contributed by atoms with Gasteiger partial charge in [-0.05, 0) is 13.0 Å². The van der Waals surface area contributed by atoms with Gasteiger partial charge in [-0.2, -0.15) is 5.10 Å². The largest absolute Gasteiger partial charge is 0.355 e. The maximum absolute atomic E-state index is 12.0. The molecule has 17 heavy (non-hydrogen) atoms. The van der Waals surface area contributed by atoms with Crippen LogP contribution in [0.2, 0.25) is 0 Å². The Hall–Kier alpha value is -2.17. The summed E-state index contributed by atoms with van der Waals surface area (Å²) in [6.45, 7) is 2.33. The third-order valence-corrected chi connectivity index (χ3v) is 2.43. The van der Waals surface area contributed by atoms with Gasteiger partial charge >= 0.3 is 0 Å². The van der Waals surface area contributed by atoms with Crippen molar-refractivity contribution in [2.45, 2.75) is 13.5 Å². The van der Waals surface area contributed by atoms with Gasteiger partial charge in [0.25, 0.3) is 5.56 Å². The molecule has 0 saturated carbocycles. The van der Waals surface area contributed by atoms with Crippen molar-refractivity contribution in [3.63, 3.8) is 0 Å². The van der Waals surface area contributed by atoms with Crippen LogP contribution in [0.3, 0.4) is 0 Å². The number of carbonyl (C=O) groups excluding carboxylic acids is 1. The molecule has 0 fully saturated rings. The minimum absolute atomic E-state index is 0.0441. The Morgan fingerprint density at radius 2 is 2.18 bits per heavy atom. The molecule has 1 aromatic carbocycles. The van der Waals surface area contributed by atoms with E-state index in [1.165, 1.54) is 4.68 Å². The second kappa shape index (κ2) is 4.78. The van der Waals surface area contributed by atoms with Crippen molar-refractivity contribution in [2.24, 2.45) is 0 Å². The third kappa shape index (κ3) is 2.33. The molecular formula is C12H13N3O2. The molecule has 88 valence electrons. The van der Waals surface area contributed by atoms with Crippen molar-refractivity contribution < 1.29 is 4.79 Å². The molecule has 1 amide bonds. The maximum atomic E-state index is 12.0. The van der Waals surface area contributed by atoms with Crippen molar-refractivity contribution in [1.29, 1.82) is 0 Å². The standard InChI is InChI=1S/C12H13N3O2/c1-2-13-11(16)8-15-12(17)10-6-4-3-5-9(10)7-14-15/h3-7H,2,8H2,1H3,(H,13,16). The van der Waals surface area contributed by atoms with E-state index >= 15 is 0 Å². The number of hydrogen-bond acceptors (Lipinski definition) is 3. The number of hydrogen-bond donors (Lipinski definition) is 1. The first-order valence-electron chi connectivity index (χ1n) is 5.44. The highest BCUT2D eigenvalue weighted by Gasteiger charge is 2.06. The van der Waals surface area contributed by atoms with Crippen molar-refractivity contribution in [1.82, 2.24) is 15.1 Å². The SMILES string of the molecule is CCNC(=O)Cn1ncc2ccccc2c1=O. The Balaban J connectivity index is 2.39. The molecule has 0 aliphatic carbocycles. The van der Waals surface area contributed by atoms with Crippen LogP contribution in [0, 0.1) is 0 Å². The Morgan fingerprint density at radius 1 is 1.41 bits per heavy atom. The summed E-state index contributed by atoms with van der Waals surface area (Å²) in [4.78, 5) is 23.4. The number of nitrogens with one attached hydrogen (secondary N) is 1. The van der Waals surface area contributed by atoms with Gasteiger partial charge in [-0.1, -0.05) is 18.2 Å². The van der Waals surface area contributed by atoms with Gasteiger partial charge in [0.05, 0.1) is 11.6 Å². The molecular weight excluding hydrogens is 218 g/mol. The van der Waals surface area contributed by atoms with Gasteiger partial charge in [0, 0.05) is 11.9 Å². The number of benzene rings is 1. The highest BCUT2D eigenvalue weighted by molar-refractivity contribution is 5.81. The second-order valence-electron chi connectivity index (χ2n) is 3.65. The first-order valence-corrected chi connectivity index (χ1v) is 5.44. The van der Waals surface area contributed by atoms with E-state index in [2.05, 4.69) is 10.4 Å². The maximum Gasteiger partial charge on any atom is 0.275 e. The molecule has 1 N–H and O–H groups in total. The predicted octanol–water partition coefficient (Wildman–Crippen LogP) is 0.533. The number of likely N-dealkylation sites (N-methyl/N-ethyl adjacent to an activating group) is 1. The lowest BCUT2D eigenvalue weighted by atomic mass is 10.2. The van der Waals surface area contributed by atoms with E-state index in [-0.39, 0.29) is 18.0 Å². The Bertz CT molecular complexity index is 604. The zero-order valence-corrected chi connectivity index (χ0v) is 9.51. The minimum atomic E-state index is -0.241. The van der Waals surface area contributed by atoms with E-state index in [0.29, 0.717) is 11.9 Å². The summed E-state index contributed by atoms with van der Waals surface area (Å²) in [5, 5.41) is 7.96. The number of aromatic nitrogens is 2. The average Bonchev–Trinajstić information content (AvgIpc) is 2.33. The molecule has 0 bridgehead atoms. The van der Waals surface area contributed by atoms with Gasteiger partial charge in [0.2, 0.25) is 5.91 Å². The summed E-state index contributed by atoms with van der Waals surface area (Å²) in [6, 6.07) is 7.19. The van der Waals surface area contributed by atoms with Crippen LogP contribution in [-0.4, -0.2) is 22.2 Å². The molecule has 2 rings (SSSR count). The number of nitrogens with zero attached hydrogens (tertiary/aromatic N) is 2. The average molecular weight is 231 g/mol. The van der Waals surface area contributed by atoms with E-state index in [9.17, 15) is 9.59 Å². The zero-order chi connectivity index (χ0) is 12.3. The second-order valence-corrected chi connectivity index (χ2v) is 3.65. The van der Waals surface area contributed by atoms with Crippen LogP contribution < -0.4 is 10.9 Å². The molecule has 5 heteroatoms. The monoisotopic (exact) mass is 231 g/mol. The fourth-order valence-corrected chi connectivity index (χ4v) is 1.63. The lowest BCUT2D eigenvalue weighted by Crippen LogP contribution is -2.33. The molecule has 1 aromatic heterocycles. The Kier molecular flexibility index (Phi) is 3.18. The van der Waals surface area contributed by atoms with E-state index < -0.39 is 0 Å². The summed E-state index contributed by atoms with van der Waals surface area (Å²) >= 11 is 0. The Labute approximate surface area is 98.1 Å². The molecule has 0 spiro atoms. The summed E-state index contributed by atoms with van der Waals surface area (Å²) in [5.41, 5.74) is -0.241. The van der Waals surface area contributed by atoms with Crippen LogP contribution in [0.4, 0.5) is 0 Å². The van der Waals surface area contributed by atoms with E-state index in [1.807, 2.05) is 19.1 Å².